The van der Waals surface area contributed by atoms with Crippen molar-refractivity contribution in [3.05, 3.63) is 33.9 Å². The molecule has 2 unspecified atom stereocenters. The second kappa shape index (κ2) is 8.56. The second-order valence-corrected chi connectivity index (χ2v) is 10.9. The lowest BCUT2D eigenvalue weighted by molar-refractivity contribution is -0.240. The van der Waals surface area contributed by atoms with Crippen molar-refractivity contribution in [3.8, 4) is 11.5 Å². The molecule has 33 heavy (non-hydrogen) atoms. The number of phenolic OH excluding ortho intramolecular Hbond substituents is 1. The molecule has 0 bridgehead atoms. The number of hydrogen-bond donors (Lipinski definition) is 2. The van der Waals surface area contributed by atoms with Gasteiger partial charge in [-0.2, -0.15) is 0 Å². The third-order valence-corrected chi connectivity index (χ3v) is 8.84. The molecule has 1 aromatic carbocycles. The van der Waals surface area contributed by atoms with Crippen LogP contribution in [0.2, 0.25) is 5.02 Å². The van der Waals surface area contributed by atoms with Crippen LogP contribution in [0, 0.1) is 24.2 Å². The van der Waals surface area contributed by atoms with Gasteiger partial charge in [0.1, 0.15) is 17.6 Å². The highest BCUT2D eigenvalue weighted by Crippen LogP contribution is 2.54. The van der Waals surface area contributed by atoms with Gasteiger partial charge >= 0.3 is 0 Å². The van der Waals surface area contributed by atoms with E-state index in [0.29, 0.717) is 60.2 Å². The van der Waals surface area contributed by atoms with Crippen molar-refractivity contribution >= 4 is 17.9 Å². The molecule has 6 nitrogen and oxygen atoms in total. The smallest absolute Gasteiger partial charge is 0.171 e. The van der Waals surface area contributed by atoms with Crippen molar-refractivity contribution < 1.29 is 29.2 Å². The first-order chi connectivity index (χ1) is 15.4. The number of carbonyl (C=O) groups excluding carboxylic acids is 1. The molecule has 1 saturated carbocycles. The molecule has 1 saturated heterocycles. The Balaban J connectivity index is 1.52. The molecule has 182 valence electrons. The van der Waals surface area contributed by atoms with Gasteiger partial charge in [-0.15, -0.1) is 0 Å². The standard InChI is InChI=1S/C26H35ClO6/c1-15-6-7-26(31-10-11-32-26)17(3)25(15,5)9-8-24(4,30)13-18-12-19-22(29)20(14-28)16(2)21(27)23(19)33-18/h8-9,14-15,17-18,29-30H,6-7,10-13H2,1-5H3/b9-8+/t15-,17-,18?,24?,25+/m1/s1. The highest BCUT2D eigenvalue weighted by atomic mass is 35.5. The Bertz CT molecular complexity index is 964. The molecule has 2 N–H and O–H groups in total. The fourth-order valence-electron chi connectivity index (χ4n) is 5.78. The fraction of sp³-hybridized carbons (Fsp3) is 0.654. The van der Waals surface area contributed by atoms with Crippen molar-refractivity contribution in [1.82, 2.24) is 0 Å². The molecule has 0 radical (unpaired) electrons. The maximum absolute atomic E-state index is 11.4. The van der Waals surface area contributed by atoms with E-state index in [-0.39, 0.29) is 28.7 Å². The Morgan fingerprint density at radius 3 is 2.58 bits per heavy atom. The number of aldehydes is 1. The normalized spacial score (nSPS) is 32.6. The molecule has 0 aromatic heterocycles. The first kappa shape index (κ1) is 24.5. The third kappa shape index (κ3) is 4.09. The first-order valence-corrected chi connectivity index (χ1v) is 12.2. The summed E-state index contributed by atoms with van der Waals surface area (Å²) >= 11 is 6.41. The van der Waals surface area contributed by atoms with Gasteiger partial charge in [0.15, 0.2) is 12.1 Å². The van der Waals surface area contributed by atoms with E-state index in [4.69, 9.17) is 25.8 Å². The van der Waals surface area contributed by atoms with E-state index in [1.54, 1.807) is 13.8 Å². The van der Waals surface area contributed by atoms with Gasteiger partial charge in [0.25, 0.3) is 0 Å². The van der Waals surface area contributed by atoms with Crippen LogP contribution >= 0.6 is 11.6 Å². The molecular formula is C26H35ClO6. The fourth-order valence-corrected chi connectivity index (χ4v) is 6.04. The van der Waals surface area contributed by atoms with E-state index in [1.807, 2.05) is 6.08 Å². The molecule has 2 aliphatic heterocycles. The predicted molar refractivity (Wildman–Crippen MR) is 126 cm³/mol. The first-order valence-electron chi connectivity index (χ1n) is 11.8. The van der Waals surface area contributed by atoms with Gasteiger partial charge in [0.05, 0.1) is 29.4 Å². The van der Waals surface area contributed by atoms with Crippen molar-refractivity contribution in [3.63, 3.8) is 0 Å². The highest BCUT2D eigenvalue weighted by Gasteiger charge is 2.54. The number of phenols is 1. The van der Waals surface area contributed by atoms with Crippen molar-refractivity contribution in [2.45, 2.75) is 77.8 Å². The number of carbonyl (C=O) groups is 1. The molecule has 1 spiro atoms. The average molecular weight is 479 g/mol. The van der Waals surface area contributed by atoms with Gasteiger partial charge in [-0.05, 0) is 37.2 Å². The topological polar surface area (TPSA) is 85.2 Å². The second-order valence-electron chi connectivity index (χ2n) is 10.5. The van der Waals surface area contributed by atoms with Gasteiger partial charge in [-0.1, -0.05) is 44.5 Å². The summed E-state index contributed by atoms with van der Waals surface area (Å²) in [6.07, 6.45) is 6.80. The van der Waals surface area contributed by atoms with E-state index >= 15 is 0 Å². The maximum Gasteiger partial charge on any atom is 0.171 e. The zero-order chi connectivity index (χ0) is 24.2. The lowest BCUT2D eigenvalue weighted by Gasteiger charge is -2.51. The van der Waals surface area contributed by atoms with E-state index in [0.717, 1.165) is 12.8 Å². The monoisotopic (exact) mass is 478 g/mol. The molecule has 4 rings (SSSR count). The number of rotatable bonds is 5. The molecule has 1 aromatic rings. The molecular weight excluding hydrogens is 444 g/mol. The van der Waals surface area contributed by atoms with Crippen LogP contribution in [-0.2, 0) is 15.9 Å². The number of aliphatic hydroxyl groups is 1. The Hall–Kier alpha value is -1.60. The SMILES string of the molecule is Cc1c(Cl)c2c(c(O)c1C=O)CC(CC(C)(O)/C=C/[C@@]1(C)[C@H](C)CCC3(OCCO3)[C@@H]1C)O2. The Morgan fingerprint density at radius 1 is 1.27 bits per heavy atom. The Morgan fingerprint density at radius 2 is 1.94 bits per heavy atom. The molecule has 0 amide bonds. The number of halogens is 1. The van der Waals surface area contributed by atoms with Crippen molar-refractivity contribution in [2.75, 3.05) is 13.2 Å². The summed E-state index contributed by atoms with van der Waals surface area (Å²) in [5, 5.41) is 22.1. The summed E-state index contributed by atoms with van der Waals surface area (Å²) in [7, 11) is 0. The lowest BCUT2D eigenvalue weighted by atomic mass is 9.59. The van der Waals surface area contributed by atoms with Crippen LogP contribution in [0.1, 0.15) is 68.4 Å². The number of benzene rings is 1. The summed E-state index contributed by atoms with van der Waals surface area (Å²) in [6.45, 7) is 11.3. The minimum Gasteiger partial charge on any atom is -0.507 e. The maximum atomic E-state index is 11.4. The number of aromatic hydroxyl groups is 1. The summed E-state index contributed by atoms with van der Waals surface area (Å²) in [6, 6.07) is 0. The largest absolute Gasteiger partial charge is 0.507 e. The van der Waals surface area contributed by atoms with Crippen LogP contribution in [0.3, 0.4) is 0 Å². The van der Waals surface area contributed by atoms with Gasteiger partial charge in [0.2, 0.25) is 0 Å². The van der Waals surface area contributed by atoms with Crippen LogP contribution in [-0.4, -0.2) is 47.2 Å². The molecule has 2 heterocycles. The Kier molecular flexibility index (Phi) is 6.36. The van der Waals surface area contributed by atoms with E-state index < -0.39 is 11.4 Å². The zero-order valence-electron chi connectivity index (χ0n) is 20.1. The summed E-state index contributed by atoms with van der Waals surface area (Å²) in [5.41, 5.74) is -0.135. The van der Waals surface area contributed by atoms with Crippen LogP contribution in [0.15, 0.2) is 12.2 Å². The molecule has 3 aliphatic rings. The van der Waals surface area contributed by atoms with Gasteiger partial charge in [-0.3, -0.25) is 4.79 Å². The number of ether oxygens (including phenoxy) is 3. The third-order valence-electron chi connectivity index (χ3n) is 8.38. The minimum atomic E-state index is -1.14. The summed E-state index contributed by atoms with van der Waals surface area (Å²) < 4.78 is 18.2. The highest BCUT2D eigenvalue weighted by molar-refractivity contribution is 6.33. The van der Waals surface area contributed by atoms with Crippen LogP contribution < -0.4 is 4.74 Å². The van der Waals surface area contributed by atoms with Gasteiger partial charge in [0, 0.05) is 30.7 Å². The van der Waals surface area contributed by atoms with Gasteiger partial charge < -0.3 is 24.4 Å². The molecule has 2 fully saturated rings. The predicted octanol–water partition coefficient (Wildman–Crippen LogP) is 4.98. The van der Waals surface area contributed by atoms with Gasteiger partial charge in [-0.25, -0.2) is 0 Å². The van der Waals surface area contributed by atoms with E-state index in [1.165, 1.54) is 0 Å². The van der Waals surface area contributed by atoms with Crippen LogP contribution in [0.5, 0.6) is 11.5 Å². The molecule has 1 aliphatic carbocycles. The van der Waals surface area contributed by atoms with Crippen LogP contribution in [0.4, 0.5) is 0 Å². The number of allylic oxidation sites excluding steroid dienone is 1. The summed E-state index contributed by atoms with van der Waals surface area (Å²) in [5.74, 6) is 0.317. The van der Waals surface area contributed by atoms with Crippen molar-refractivity contribution in [1.29, 1.82) is 0 Å². The molecule has 7 heteroatoms. The van der Waals surface area contributed by atoms with E-state index in [2.05, 4.69) is 26.8 Å². The number of hydrogen-bond acceptors (Lipinski definition) is 6. The minimum absolute atomic E-state index is 0.0844. The average Bonchev–Trinajstić information content (AvgIpc) is 3.41. The number of fused-ring (bicyclic) bond motifs is 1. The zero-order valence-corrected chi connectivity index (χ0v) is 20.9. The van der Waals surface area contributed by atoms with Crippen LogP contribution in [0.25, 0.3) is 0 Å². The van der Waals surface area contributed by atoms with E-state index in [9.17, 15) is 15.0 Å². The summed E-state index contributed by atoms with van der Waals surface area (Å²) in [4.78, 5) is 11.4. The Labute approximate surface area is 200 Å². The lowest BCUT2D eigenvalue weighted by Crippen LogP contribution is -2.52. The van der Waals surface area contributed by atoms with Crippen molar-refractivity contribution in [2.24, 2.45) is 17.3 Å². The molecule has 5 atom stereocenters. The quantitative estimate of drug-likeness (QED) is 0.458.